The van der Waals surface area contributed by atoms with Crippen LogP contribution in [0.5, 0.6) is 11.5 Å². The number of fused-ring (bicyclic) bond motifs is 1. The molecule has 4 aromatic rings. The molecule has 2 fully saturated rings. The minimum Gasteiger partial charge on any atom is -0.457 e. The summed E-state index contributed by atoms with van der Waals surface area (Å²) >= 11 is 0. The molecular weight excluding hydrogens is 454 g/mol. The number of β-amino-alcohol motifs (C(OH)–C–C–N with tert-alkyl or cyclic N) is 2. The zero-order valence-corrected chi connectivity index (χ0v) is 20.1. The first-order valence-electron chi connectivity index (χ1n) is 12.6. The lowest BCUT2D eigenvalue weighted by Crippen LogP contribution is -2.37. The molecule has 8 nitrogen and oxygen atoms in total. The lowest BCUT2D eigenvalue weighted by Gasteiger charge is -2.35. The molecule has 2 atom stereocenters. The highest BCUT2D eigenvalue weighted by molar-refractivity contribution is 6.00. The van der Waals surface area contributed by atoms with E-state index in [2.05, 4.69) is 25.6 Å². The molecule has 4 N–H and O–H groups in total. The Bertz CT molecular complexity index is 1320. The summed E-state index contributed by atoms with van der Waals surface area (Å²) in [5, 5.41) is 20.8. The number of anilines is 1. The minimum absolute atomic E-state index is 0.310. The molecular formula is C28H31N5O3. The molecule has 3 heterocycles. The summed E-state index contributed by atoms with van der Waals surface area (Å²) in [5.74, 6) is 2.05. The summed E-state index contributed by atoms with van der Waals surface area (Å²) in [6.07, 6.45) is 6.47. The zero-order valence-electron chi connectivity index (χ0n) is 20.1. The molecule has 186 valence electrons. The number of ether oxygens (including phenoxy) is 1. The maximum absolute atomic E-state index is 9.95. The fourth-order valence-corrected chi connectivity index (χ4v) is 5.73. The van der Waals surface area contributed by atoms with Gasteiger partial charge < -0.3 is 25.3 Å². The third-order valence-corrected chi connectivity index (χ3v) is 7.65. The Labute approximate surface area is 210 Å². The number of nitrogens with two attached hydrogens (primary N) is 1. The lowest BCUT2D eigenvalue weighted by atomic mass is 9.90. The van der Waals surface area contributed by atoms with Crippen molar-refractivity contribution < 1.29 is 14.9 Å². The highest BCUT2D eigenvalue weighted by Gasteiger charge is 2.36. The minimum atomic E-state index is -0.636. The van der Waals surface area contributed by atoms with Crippen LogP contribution in [0.4, 0.5) is 5.82 Å². The van der Waals surface area contributed by atoms with Crippen LogP contribution in [0.1, 0.15) is 31.7 Å². The molecule has 1 aliphatic heterocycles. The SMILES string of the molecule is Nc1ncnc2c1c(-c1ccc(Oc3ccccc3)cc1)cn2[C@H]1CC[C@H](N2C[C@@H](O)[C@@H](O)C2)CC1. The normalized spacial score (nSPS) is 24.8. The molecule has 1 aliphatic carbocycles. The predicted molar refractivity (Wildman–Crippen MR) is 139 cm³/mol. The Morgan fingerprint density at radius 1 is 0.806 bits per heavy atom. The van der Waals surface area contributed by atoms with Gasteiger partial charge in [0, 0.05) is 36.9 Å². The van der Waals surface area contributed by atoms with Crippen LogP contribution in [0.15, 0.2) is 67.1 Å². The first kappa shape index (κ1) is 23.0. The molecule has 1 saturated carbocycles. The second-order valence-electron chi connectivity index (χ2n) is 9.90. The van der Waals surface area contributed by atoms with Gasteiger partial charge in [0.15, 0.2) is 0 Å². The van der Waals surface area contributed by atoms with Gasteiger partial charge in [-0.1, -0.05) is 30.3 Å². The number of aliphatic hydroxyl groups excluding tert-OH is 2. The van der Waals surface area contributed by atoms with Gasteiger partial charge in [-0.3, -0.25) is 4.90 Å². The van der Waals surface area contributed by atoms with Gasteiger partial charge in [-0.2, -0.15) is 0 Å². The second-order valence-corrected chi connectivity index (χ2v) is 9.90. The van der Waals surface area contributed by atoms with Crippen molar-refractivity contribution in [3.63, 3.8) is 0 Å². The van der Waals surface area contributed by atoms with E-state index in [4.69, 9.17) is 10.5 Å². The summed E-state index contributed by atoms with van der Waals surface area (Å²) in [6, 6.07) is 18.5. The van der Waals surface area contributed by atoms with Gasteiger partial charge in [-0.15, -0.1) is 0 Å². The molecule has 0 spiro atoms. The Hall–Kier alpha value is -3.46. The van der Waals surface area contributed by atoms with Crippen LogP contribution in [-0.2, 0) is 0 Å². The van der Waals surface area contributed by atoms with Gasteiger partial charge in [-0.25, -0.2) is 9.97 Å². The molecule has 0 radical (unpaired) electrons. The molecule has 6 rings (SSSR count). The van der Waals surface area contributed by atoms with Crippen molar-refractivity contribution in [3.8, 4) is 22.6 Å². The summed E-state index contributed by atoms with van der Waals surface area (Å²) in [7, 11) is 0. The number of para-hydroxylation sites is 1. The van der Waals surface area contributed by atoms with Crippen molar-refractivity contribution in [2.75, 3.05) is 18.8 Å². The maximum Gasteiger partial charge on any atom is 0.146 e. The Morgan fingerprint density at radius 3 is 2.14 bits per heavy atom. The van der Waals surface area contributed by atoms with E-state index >= 15 is 0 Å². The number of nitrogens with zero attached hydrogens (tertiary/aromatic N) is 4. The number of nitrogen functional groups attached to an aromatic ring is 1. The quantitative estimate of drug-likeness (QED) is 0.392. The fourth-order valence-electron chi connectivity index (χ4n) is 5.73. The average Bonchev–Trinajstić information content (AvgIpc) is 3.46. The number of rotatable bonds is 5. The van der Waals surface area contributed by atoms with Gasteiger partial charge in [0.2, 0.25) is 0 Å². The van der Waals surface area contributed by atoms with Gasteiger partial charge in [0.25, 0.3) is 0 Å². The van der Waals surface area contributed by atoms with Crippen LogP contribution in [-0.4, -0.2) is 61.0 Å². The number of benzene rings is 2. The van der Waals surface area contributed by atoms with Crippen LogP contribution in [0.3, 0.4) is 0 Å². The maximum atomic E-state index is 9.95. The number of hydrogen-bond donors (Lipinski definition) is 3. The topological polar surface area (TPSA) is 110 Å². The smallest absolute Gasteiger partial charge is 0.146 e. The third-order valence-electron chi connectivity index (χ3n) is 7.65. The van der Waals surface area contributed by atoms with E-state index in [1.807, 2.05) is 54.6 Å². The Kier molecular flexibility index (Phi) is 6.08. The van der Waals surface area contributed by atoms with Crippen molar-refractivity contribution in [2.45, 2.75) is 50.0 Å². The first-order valence-corrected chi connectivity index (χ1v) is 12.6. The molecule has 2 aliphatic rings. The average molecular weight is 486 g/mol. The number of hydrogen-bond acceptors (Lipinski definition) is 7. The molecule has 2 aromatic carbocycles. The molecule has 2 aromatic heterocycles. The molecule has 0 unspecified atom stereocenters. The van der Waals surface area contributed by atoms with E-state index in [9.17, 15) is 10.2 Å². The second kappa shape index (κ2) is 9.54. The lowest BCUT2D eigenvalue weighted by molar-refractivity contribution is 0.0572. The van der Waals surface area contributed by atoms with E-state index in [1.54, 1.807) is 0 Å². The van der Waals surface area contributed by atoms with E-state index in [0.29, 0.717) is 31.0 Å². The summed E-state index contributed by atoms with van der Waals surface area (Å²) in [6.45, 7) is 1.11. The van der Waals surface area contributed by atoms with Crippen molar-refractivity contribution in [1.82, 2.24) is 19.4 Å². The molecule has 0 bridgehead atoms. The van der Waals surface area contributed by atoms with Gasteiger partial charge in [0.1, 0.15) is 29.3 Å². The highest BCUT2D eigenvalue weighted by Crippen LogP contribution is 2.39. The number of aromatic nitrogens is 3. The van der Waals surface area contributed by atoms with E-state index in [-0.39, 0.29) is 0 Å². The van der Waals surface area contributed by atoms with Crippen molar-refractivity contribution in [2.24, 2.45) is 0 Å². The van der Waals surface area contributed by atoms with Crippen LogP contribution in [0, 0.1) is 0 Å². The largest absolute Gasteiger partial charge is 0.457 e. The van der Waals surface area contributed by atoms with E-state index in [1.165, 1.54) is 6.33 Å². The highest BCUT2D eigenvalue weighted by atomic mass is 16.5. The standard InChI is InChI=1S/C28H31N5O3/c29-27-26-23(18-6-12-22(13-7-18)36-21-4-2-1-3-5-21)14-33(28(26)31-17-30-27)20-10-8-19(9-11-20)32-15-24(34)25(35)16-32/h1-7,12-14,17,19-20,24-25,34-35H,8-11,15-16H2,(H2,29,30,31)/t19-,20-,24-,25+. The summed E-state index contributed by atoms with van der Waals surface area (Å²) in [4.78, 5) is 11.1. The van der Waals surface area contributed by atoms with E-state index < -0.39 is 12.2 Å². The Morgan fingerprint density at radius 2 is 1.44 bits per heavy atom. The van der Waals surface area contributed by atoms with Gasteiger partial charge >= 0.3 is 0 Å². The zero-order chi connectivity index (χ0) is 24.6. The Balaban J connectivity index is 1.25. The first-order chi connectivity index (χ1) is 17.6. The van der Waals surface area contributed by atoms with Gasteiger partial charge in [-0.05, 0) is 55.5 Å². The van der Waals surface area contributed by atoms with Crippen molar-refractivity contribution >= 4 is 16.9 Å². The van der Waals surface area contributed by atoms with E-state index in [0.717, 1.165) is 59.3 Å². The van der Waals surface area contributed by atoms with Crippen LogP contribution in [0.25, 0.3) is 22.2 Å². The van der Waals surface area contributed by atoms with Gasteiger partial charge in [0.05, 0.1) is 17.6 Å². The molecule has 1 saturated heterocycles. The fraction of sp³-hybridized carbons (Fsp3) is 0.357. The van der Waals surface area contributed by atoms with Crippen molar-refractivity contribution in [3.05, 3.63) is 67.1 Å². The number of likely N-dealkylation sites (tertiary alicyclic amines) is 1. The molecule has 0 amide bonds. The predicted octanol–water partition coefficient (Wildman–Crippen LogP) is 3.99. The summed E-state index contributed by atoms with van der Waals surface area (Å²) in [5.41, 5.74) is 9.27. The van der Waals surface area contributed by atoms with Crippen LogP contribution in [0.2, 0.25) is 0 Å². The van der Waals surface area contributed by atoms with Crippen molar-refractivity contribution in [1.29, 1.82) is 0 Å². The monoisotopic (exact) mass is 485 g/mol. The van der Waals surface area contributed by atoms with Crippen LogP contribution < -0.4 is 10.5 Å². The van der Waals surface area contributed by atoms with Crippen LogP contribution >= 0.6 is 0 Å². The molecule has 8 heteroatoms. The summed E-state index contributed by atoms with van der Waals surface area (Å²) < 4.78 is 8.22. The third kappa shape index (κ3) is 4.32. The number of aliphatic hydroxyl groups is 2. The molecule has 36 heavy (non-hydrogen) atoms.